The van der Waals surface area contributed by atoms with Crippen LogP contribution in [0.15, 0.2) is 72.8 Å². The van der Waals surface area contributed by atoms with Gasteiger partial charge in [0, 0.05) is 29.4 Å². The Morgan fingerprint density at radius 2 is 1.71 bits per heavy atom. The first-order valence-corrected chi connectivity index (χ1v) is 12.5. The van der Waals surface area contributed by atoms with Gasteiger partial charge in [-0.1, -0.05) is 53.6 Å². The third-order valence-electron chi connectivity index (χ3n) is 5.80. The number of amides is 2. The summed E-state index contributed by atoms with van der Waals surface area (Å²) in [6.07, 6.45) is 0.569. The predicted molar refractivity (Wildman–Crippen MR) is 149 cm³/mol. The average molecular weight is 527 g/mol. The largest absolute Gasteiger partial charge is 0.369 e. The summed E-state index contributed by atoms with van der Waals surface area (Å²) < 4.78 is 1.54. The fraction of sp³-hybridized carbons (Fsp3) is 0.172. The molecule has 1 aromatic heterocycles. The van der Waals surface area contributed by atoms with Gasteiger partial charge in [0.1, 0.15) is 17.5 Å². The highest BCUT2D eigenvalue weighted by Crippen LogP contribution is 2.26. The topological polar surface area (TPSA) is 112 Å². The number of anilines is 2. The van der Waals surface area contributed by atoms with Gasteiger partial charge in [-0.3, -0.25) is 4.79 Å². The number of carbonyl (C=O) groups excluding carboxylic acids is 2. The Morgan fingerprint density at radius 1 is 0.974 bits per heavy atom. The number of halogens is 1. The number of rotatable bonds is 9. The van der Waals surface area contributed by atoms with E-state index in [-0.39, 0.29) is 23.1 Å². The van der Waals surface area contributed by atoms with Crippen LogP contribution in [0.1, 0.15) is 39.2 Å². The molecule has 0 atom stereocenters. The zero-order valence-electron chi connectivity index (χ0n) is 21.1. The van der Waals surface area contributed by atoms with E-state index in [4.69, 9.17) is 11.6 Å². The number of benzene rings is 3. The molecule has 38 heavy (non-hydrogen) atoms. The van der Waals surface area contributed by atoms with Crippen molar-refractivity contribution in [2.45, 2.75) is 20.3 Å². The Labute approximate surface area is 226 Å². The van der Waals surface area contributed by atoms with Crippen LogP contribution in [-0.4, -0.2) is 34.7 Å². The number of nitriles is 1. The molecule has 1 heterocycles. The Kier molecular flexibility index (Phi) is 8.41. The molecule has 0 aliphatic carbocycles. The van der Waals surface area contributed by atoms with E-state index >= 15 is 0 Å². The average Bonchev–Trinajstić information content (AvgIpc) is 3.27. The molecule has 0 saturated heterocycles. The number of aromatic nitrogens is 2. The van der Waals surface area contributed by atoms with Crippen LogP contribution in [0.4, 0.5) is 16.3 Å². The number of nitrogens with one attached hydrogen (secondary N) is 3. The maximum absolute atomic E-state index is 13.3. The molecule has 192 valence electrons. The molecule has 9 heteroatoms. The van der Waals surface area contributed by atoms with E-state index in [1.807, 2.05) is 50.2 Å². The van der Waals surface area contributed by atoms with Crippen molar-refractivity contribution in [3.8, 4) is 11.8 Å². The second-order valence-electron chi connectivity index (χ2n) is 8.80. The quantitative estimate of drug-likeness (QED) is 0.186. The minimum absolute atomic E-state index is 0.0597. The summed E-state index contributed by atoms with van der Waals surface area (Å²) in [6, 6.07) is 23.5. The molecule has 4 rings (SSSR count). The molecule has 0 spiro atoms. The Hall–Kier alpha value is -4.61. The van der Waals surface area contributed by atoms with Crippen molar-refractivity contribution < 1.29 is 9.59 Å². The SMILES string of the molecule is Cc1ccc(C(=O)c2nn(-c3ccc(Cl)cc3)c(NCCCNC(=O)Nc3cccc(C)c3)c2C#N)cc1. The summed E-state index contributed by atoms with van der Waals surface area (Å²) in [5.41, 5.74) is 4.10. The van der Waals surface area contributed by atoms with Crippen molar-refractivity contribution >= 4 is 34.9 Å². The van der Waals surface area contributed by atoms with Crippen LogP contribution < -0.4 is 16.0 Å². The summed E-state index contributed by atoms with van der Waals surface area (Å²) in [5.74, 6) is 0.0568. The minimum Gasteiger partial charge on any atom is -0.369 e. The molecule has 0 fully saturated rings. The Balaban J connectivity index is 1.49. The standard InChI is InChI=1S/C29H27ClN6O2/c1-19-7-9-21(10-8-19)27(37)26-25(18-31)28(36(35-26)24-13-11-22(30)12-14-24)32-15-4-16-33-29(38)34-23-6-3-5-20(2)17-23/h3,5-14,17,32H,4,15-16H2,1-2H3,(H2,33,34,38). The molecule has 0 bridgehead atoms. The number of hydrogen-bond acceptors (Lipinski definition) is 5. The van der Waals surface area contributed by atoms with Gasteiger partial charge in [-0.15, -0.1) is 0 Å². The monoisotopic (exact) mass is 526 g/mol. The maximum atomic E-state index is 13.3. The predicted octanol–water partition coefficient (Wildman–Crippen LogP) is 5.87. The molecular weight excluding hydrogens is 500 g/mol. The van der Waals surface area contributed by atoms with Crippen LogP contribution in [-0.2, 0) is 0 Å². The van der Waals surface area contributed by atoms with Crippen molar-refractivity contribution in [2.75, 3.05) is 23.7 Å². The first-order valence-electron chi connectivity index (χ1n) is 12.1. The number of urea groups is 1. The van der Waals surface area contributed by atoms with Gasteiger partial charge in [0.05, 0.1) is 5.69 Å². The summed E-state index contributed by atoms with van der Waals surface area (Å²) in [5, 5.41) is 23.9. The Morgan fingerprint density at radius 3 is 2.39 bits per heavy atom. The normalized spacial score (nSPS) is 10.5. The van der Waals surface area contributed by atoms with Crippen LogP contribution in [0.5, 0.6) is 0 Å². The molecule has 0 aliphatic rings. The number of ketones is 1. The van der Waals surface area contributed by atoms with Gasteiger partial charge < -0.3 is 16.0 Å². The lowest BCUT2D eigenvalue weighted by atomic mass is 10.0. The van der Waals surface area contributed by atoms with Crippen LogP contribution in [0.2, 0.25) is 5.02 Å². The zero-order valence-corrected chi connectivity index (χ0v) is 21.8. The number of aryl methyl sites for hydroxylation is 2. The van der Waals surface area contributed by atoms with Crippen molar-refractivity contribution in [2.24, 2.45) is 0 Å². The van der Waals surface area contributed by atoms with E-state index in [2.05, 4.69) is 27.1 Å². The lowest BCUT2D eigenvalue weighted by molar-refractivity contribution is 0.103. The van der Waals surface area contributed by atoms with E-state index in [1.165, 1.54) is 4.68 Å². The molecule has 0 radical (unpaired) electrons. The molecular formula is C29H27ClN6O2. The summed E-state index contributed by atoms with van der Waals surface area (Å²) in [6.45, 7) is 4.72. The van der Waals surface area contributed by atoms with Crippen LogP contribution in [0.25, 0.3) is 5.69 Å². The zero-order chi connectivity index (χ0) is 27.1. The van der Waals surface area contributed by atoms with Crippen molar-refractivity contribution in [3.05, 3.63) is 106 Å². The highest BCUT2D eigenvalue weighted by Gasteiger charge is 2.25. The highest BCUT2D eigenvalue weighted by atomic mass is 35.5. The highest BCUT2D eigenvalue weighted by molar-refractivity contribution is 6.30. The second-order valence-corrected chi connectivity index (χ2v) is 9.23. The fourth-order valence-corrected chi connectivity index (χ4v) is 3.98. The van der Waals surface area contributed by atoms with Gasteiger partial charge >= 0.3 is 6.03 Å². The summed E-state index contributed by atoms with van der Waals surface area (Å²) in [7, 11) is 0. The lowest BCUT2D eigenvalue weighted by Gasteiger charge is -2.11. The summed E-state index contributed by atoms with van der Waals surface area (Å²) in [4.78, 5) is 25.5. The lowest BCUT2D eigenvalue weighted by Crippen LogP contribution is -2.30. The molecule has 2 amide bonds. The third-order valence-corrected chi connectivity index (χ3v) is 6.06. The molecule has 3 aromatic carbocycles. The molecule has 4 aromatic rings. The molecule has 0 aliphatic heterocycles. The van der Waals surface area contributed by atoms with Crippen LogP contribution in [0, 0.1) is 25.2 Å². The van der Waals surface area contributed by atoms with Crippen molar-refractivity contribution in [1.29, 1.82) is 5.26 Å². The first kappa shape index (κ1) is 26.5. The molecule has 0 saturated carbocycles. The van der Waals surface area contributed by atoms with E-state index in [9.17, 15) is 14.9 Å². The molecule has 8 nitrogen and oxygen atoms in total. The first-order chi connectivity index (χ1) is 18.4. The van der Waals surface area contributed by atoms with Gasteiger partial charge in [-0.2, -0.15) is 10.4 Å². The van der Waals surface area contributed by atoms with Gasteiger partial charge in [0.25, 0.3) is 0 Å². The van der Waals surface area contributed by atoms with Gasteiger partial charge in [0.15, 0.2) is 5.69 Å². The van der Waals surface area contributed by atoms with Gasteiger partial charge in [-0.05, 0) is 62.2 Å². The minimum atomic E-state index is -0.341. The van der Waals surface area contributed by atoms with Crippen LogP contribution in [0.3, 0.4) is 0 Å². The van der Waals surface area contributed by atoms with Gasteiger partial charge in [0.2, 0.25) is 5.78 Å². The van der Waals surface area contributed by atoms with Gasteiger partial charge in [-0.25, -0.2) is 9.48 Å². The molecule has 0 unspecified atom stereocenters. The van der Waals surface area contributed by atoms with Crippen molar-refractivity contribution in [1.82, 2.24) is 15.1 Å². The number of hydrogen-bond donors (Lipinski definition) is 3. The third kappa shape index (κ3) is 6.38. The summed E-state index contributed by atoms with van der Waals surface area (Å²) >= 11 is 6.06. The second kappa shape index (κ2) is 12.1. The van der Waals surface area contributed by atoms with Crippen LogP contribution >= 0.6 is 11.6 Å². The van der Waals surface area contributed by atoms with E-state index in [0.29, 0.717) is 41.6 Å². The van der Waals surface area contributed by atoms with E-state index in [0.717, 1.165) is 16.8 Å². The fourth-order valence-electron chi connectivity index (χ4n) is 3.85. The maximum Gasteiger partial charge on any atom is 0.319 e. The van der Waals surface area contributed by atoms with Crippen molar-refractivity contribution in [3.63, 3.8) is 0 Å². The number of nitrogens with zero attached hydrogens (tertiary/aromatic N) is 3. The molecule has 3 N–H and O–H groups in total. The van der Waals surface area contributed by atoms with E-state index < -0.39 is 0 Å². The Bertz CT molecular complexity index is 1490. The smallest absolute Gasteiger partial charge is 0.319 e. The van der Waals surface area contributed by atoms with E-state index in [1.54, 1.807) is 36.4 Å². The number of carbonyl (C=O) groups is 2.